The van der Waals surface area contributed by atoms with Gasteiger partial charge in [0.1, 0.15) is 6.04 Å². The zero-order valence-electron chi connectivity index (χ0n) is 6.82. The minimum atomic E-state index is -1.06. The molecule has 0 rings (SSSR count). The summed E-state index contributed by atoms with van der Waals surface area (Å²) in [7, 11) is 0. The van der Waals surface area contributed by atoms with E-state index < -0.39 is 24.0 Å². The minimum absolute atomic E-state index is 0.391. The highest BCUT2D eigenvalue weighted by atomic mass is 16.4. The van der Waals surface area contributed by atoms with Crippen molar-refractivity contribution in [3.05, 3.63) is 0 Å². The van der Waals surface area contributed by atoms with Crippen LogP contribution in [-0.2, 0) is 4.79 Å². The fraction of sp³-hybridized carbons (Fsp3) is 0.857. The van der Waals surface area contributed by atoms with Crippen LogP contribution in [0.3, 0.4) is 0 Å². The quantitative estimate of drug-likeness (QED) is 0.533. The number of carboxylic acid groups (broad SMARTS) is 1. The lowest BCUT2D eigenvalue weighted by Crippen LogP contribution is -2.41. The SMILES string of the molecule is CC[C@@H](O)C(C)[C@@H](N)C(=O)O. The van der Waals surface area contributed by atoms with Crippen molar-refractivity contribution in [2.24, 2.45) is 11.7 Å². The molecule has 1 unspecified atom stereocenters. The topological polar surface area (TPSA) is 83.5 Å². The number of aliphatic carboxylic acids is 1. The molecule has 0 spiro atoms. The summed E-state index contributed by atoms with van der Waals surface area (Å²) in [4.78, 5) is 10.3. The van der Waals surface area contributed by atoms with Crippen LogP contribution in [0, 0.1) is 5.92 Å². The first kappa shape index (κ1) is 10.4. The number of hydrogen-bond donors (Lipinski definition) is 3. The highest BCUT2D eigenvalue weighted by molar-refractivity contribution is 5.73. The lowest BCUT2D eigenvalue weighted by atomic mass is 9.95. The fourth-order valence-electron chi connectivity index (χ4n) is 0.836. The largest absolute Gasteiger partial charge is 0.480 e. The van der Waals surface area contributed by atoms with Crippen molar-refractivity contribution < 1.29 is 15.0 Å². The summed E-state index contributed by atoms with van der Waals surface area (Å²) in [5.74, 6) is -1.46. The van der Waals surface area contributed by atoms with Crippen molar-refractivity contribution in [1.82, 2.24) is 0 Å². The zero-order valence-corrected chi connectivity index (χ0v) is 6.82. The smallest absolute Gasteiger partial charge is 0.320 e. The third-order valence-electron chi connectivity index (χ3n) is 1.88. The Morgan fingerprint density at radius 1 is 1.64 bits per heavy atom. The van der Waals surface area contributed by atoms with Gasteiger partial charge in [0.05, 0.1) is 6.10 Å². The van der Waals surface area contributed by atoms with Gasteiger partial charge in [0.15, 0.2) is 0 Å². The number of aliphatic hydroxyl groups excluding tert-OH is 1. The van der Waals surface area contributed by atoms with Crippen LogP contribution in [0.15, 0.2) is 0 Å². The molecule has 4 heteroatoms. The van der Waals surface area contributed by atoms with E-state index in [1.54, 1.807) is 13.8 Å². The van der Waals surface area contributed by atoms with E-state index in [0.29, 0.717) is 6.42 Å². The van der Waals surface area contributed by atoms with Crippen molar-refractivity contribution in [3.63, 3.8) is 0 Å². The Labute approximate surface area is 66.0 Å². The number of rotatable bonds is 4. The summed E-state index contributed by atoms with van der Waals surface area (Å²) < 4.78 is 0. The Bertz CT molecular complexity index is 138. The maximum absolute atomic E-state index is 10.3. The Balaban J connectivity index is 4.00. The molecule has 11 heavy (non-hydrogen) atoms. The molecule has 0 aliphatic rings. The second-order valence-electron chi connectivity index (χ2n) is 2.70. The highest BCUT2D eigenvalue weighted by Gasteiger charge is 2.24. The maximum atomic E-state index is 10.3. The molecule has 0 saturated carbocycles. The summed E-state index contributed by atoms with van der Waals surface area (Å²) in [6, 6.07) is -0.968. The molecule has 66 valence electrons. The monoisotopic (exact) mass is 161 g/mol. The first-order chi connectivity index (χ1) is 5.00. The minimum Gasteiger partial charge on any atom is -0.480 e. The van der Waals surface area contributed by atoms with E-state index in [1.165, 1.54) is 0 Å². The van der Waals surface area contributed by atoms with Crippen molar-refractivity contribution >= 4 is 5.97 Å². The van der Waals surface area contributed by atoms with Gasteiger partial charge in [-0.3, -0.25) is 4.79 Å². The van der Waals surface area contributed by atoms with Gasteiger partial charge in [0.2, 0.25) is 0 Å². The van der Waals surface area contributed by atoms with Crippen LogP contribution in [0.25, 0.3) is 0 Å². The Morgan fingerprint density at radius 3 is 2.36 bits per heavy atom. The lowest BCUT2D eigenvalue weighted by molar-refractivity contribution is -0.140. The molecular weight excluding hydrogens is 146 g/mol. The number of nitrogens with two attached hydrogens (primary N) is 1. The van der Waals surface area contributed by atoms with Gasteiger partial charge in [-0.15, -0.1) is 0 Å². The van der Waals surface area contributed by atoms with E-state index in [0.717, 1.165) is 0 Å². The molecule has 0 bridgehead atoms. The van der Waals surface area contributed by atoms with Gasteiger partial charge >= 0.3 is 5.97 Å². The van der Waals surface area contributed by atoms with Gasteiger partial charge in [0, 0.05) is 5.92 Å². The molecule has 0 heterocycles. The highest BCUT2D eigenvalue weighted by Crippen LogP contribution is 2.09. The Morgan fingerprint density at radius 2 is 2.09 bits per heavy atom. The normalized spacial score (nSPS) is 18.9. The van der Waals surface area contributed by atoms with Crippen LogP contribution in [0.2, 0.25) is 0 Å². The fourth-order valence-corrected chi connectivity index (χ4v) is 0.836. The van der Waals surface area contributed by atoms with Gasteiger partial charge in [-0.05, 0) is 6.42 Å². The molecule has 0 aromatic heterocycles. The Hall–Kier alpha value is -0.610. The third-order valence-corrected chi connectivity index (χ3v) is 1.88. The average Bonchev–Trinajstić information content (AvgIpc) is 2.00. The van der Waals surface area contributed by atoms with E-state index in [-0.39, 0.29) is 0 Å². The van der Waals surface area contributed by atoms with E-state index in [1.807, 2.05) is 0 Å². The first-order valence-electron chi connectivity index (χ1n) is 3.67. The molecule has 0 fully saturated rings. The standard InChI is InChI=1S/C7H15NO3/c1-3-5(9)4(2)6(8)7(10)11/h4-6,9H,3,8H2,1-2H3,(H,10,11)/t4?,5-,6-/m1/s1. The van der Waals surface area contributed by atoms with E-state index in [2.05, 4.69) is 0 Å². The van der Waals surface area contributed by atoms with Crippen LogP contribution >= 0.6 is 0 Å². The van der Waals surface area contributed by atoms with Crippen LogP contribution in [-0.4, -0.2) is 28.3 Å². The maximum Gasteiger partial charge on any atom is 0.320 e. The molecule has 4 N–H and O–H groups in total. The predicted molar refractivity (Wildman–Crippen MR) is 41.1 cm³/mol. The molecule has 0 radical (unpaired) electrons. The van der Waals surface area contributed by atoms with E-state index in [9.17, 15) is 9.90 Å². The van der Waals surface area contributed by atoms with Gasteiger partial charge in [0.25, 0.3) is 0 Å². The molecule has 0 amide bonds. The van der Waals surface area contributed by atoms with E-state index in [4.69, 9.17) is 10.8 Å². The lowest BCUT2D eigenvalue weighted by Gasteiger charge is -2.20. The number of hydrogen-bond acceptors (Lipinski definition) is 3. The van der Waals surface area contributed by atoms with Crippen LogP contribution < -0.4 is 5.73 Å². The van der Waals surface area contributed by atoms with Crippen LogP contribution in [0.5, 0.6) is 0 Å². The Kier molecular flexibility index (Phi) is 4.07. The van der Waals surface area contributed by atoms with Crippen molar-refractivity contribution in [1.29, 1.82) is 0 Å². The molecule has 4 nitrogen and oxygen atoms in total. The summed E-state index contributed by atoms with van der Waals surface area (Å²) in [6.07, 6.45) is -0.0941. The summed E-state index contributed by atoms with van der Waals surface area (Å²) in [5, 5.41) is 17.7. The second kappa shape index (κ2) is 4.31. The number of carbonyl (C=O) groups is 1. The molecule has 3 atom stereocenters. The first-order valence-corrected chi connectivity index (χ1v) is 3.67. The summed E-state index contributed by atoms with van der Waals surface area (Å²) in [5.41, 5.74) is 5.28. The average molecular weight is 161 g/mol. The van der Waals surface area contributed by atoms with Crippen molar-refractivity contribution in [3.8, 4) is 0 Å². The number of carboxylic acids is 1. The molecule has 0 aliphatic heterocycles. The molecule has 0 aliphatic carbocycles. The van der Waals surface area contributed by atoms with Gasteiger partial charge < -0.3 is 15.9 Å². The summed E-state index contributed by atoms with van der Waals surface area (Å²) in [6.45, 7) is 3.42. The van der Waals surface area contributed by atoms with E-state index >= 15 is 0 Å². The predicted octanol–water partition coefficient (Wildman–Crippen LogP) is -0.195. The molecule has 0 aromatic carbocycles. The van der Waals surface area contributed by atoms with Crippen LogP contribution in [0.4, 0.5) is 0 Å². The third kappa shape index (κ3) is 2.86. The summed E-state index contributed by atoms with van der Waals surface area (Å²) >= 11 is 0. The zero-order chi connectivity index (χ0) is 9.02. The molecule has 0 aromatic rings. The number of aliphatic hydroxyl groups is 1. The molecule has 0 saturated heterocycles. The van der Waals surface area contributed by atoms with Crippen molar-refractivity contribution in [2.75, 3.05) is 0 Å². The second-order valence-corrected chi connectivity index (χ2v) is 2.70. The van der Waals surface area contributed by atoms with Crippen LogP contribution in [0.1, 0.15) is 20.3 Å². The molecular formula is C7H15NO3. The van der Waals surface area contributed by atoms with Gasteiger partial charge in [-0.25, -0.2) is 0 Å². The van der Waals surface area contributed by atoms with Gasteiger partial charge in [-0.2, -0.15) is 0 Å². The van der Waals surface area contributed by atoms with Gasteiger partial charge in [-0.1, -0.05) is 13.8 Å². The van der Waals surface area contributed by atoms with Crippen molar-refractivity contribution in [2.45, 2.75) is 32.4 Å².